The summed E-state index contributed by atoms with van der Waals surface area (Å²) in [6.45, 7) is 3.96. The molecule has 1 aromatic rings. The van der Waals surface area contributed by atoms with Gasteiger partial charge in [-0.1, -0.05) is 13.0 Å². The van der Waals surface area contributed by atoms with Crippen molar-refractivity contribution in [1.82, 2.24) is 0 Å². The fourth-order valence-electron chi connectivity index (χ4n) is 1.29. The van der Waals surface area contributed by atoms with Gasteiger partial charge in [0, 0.05) is 12.1 Å². The SMILES string of the molecule is C/C=C\C(CC)Oc1ccc([N+](=O)[O-])cc1. The average Bonchev–Trinajstić information content (AvgIpc) is 2.29. The Morgan fingerprint density at radius 1 is 1.44 bits per heavy atom. The lowest BCUT2D eigenvalue weighted by atomic mass is 10.2. The van der Waals surface area contributed by atoms with E-state index in [4.69, 9.17) is 4.74 Å². The first-order valence-corrected chi connectivity index (χ1v) is 5.21. The lowest BCUT2D eigenvalue weighted by molar-refractivity contribution is -0.384. The molecule has 0 fully saturated rings. The van der Waals surface area contributed by atoms with Crippen molar-refractivity contribution < 1.29 is 9.66 Å². The van der Waals surface area contributed by atoms with Crippen molar-refractivity contribution in [3.63, 3.8) is 0 Å². The van der Waals surface area contributed by atoms with E-state index in [1.807, 2.05) is 26.0 Å². The van der Waals surface area contributed by atoms with E-state index in [2.05, 4.69) is 0 Å². The van der Waals surface area contributed by atoms with Crippen molar-refractivity contribution in [2.24, 2.45) is 0 Å². The summed E-state index contributed by atoms with van der Waals surface area (Å²) in [4.78, 5) is 10.0. The van der Waals surface area contributed by atoms with Crippen LogP contribution >= 0.6 is 0 Å². The second kappa shape index (κ2) is 5.90. The number of allylic oxidation sites excluding steroid dienone is 1. The molecule has 1 unspecified atom stereocenters. The Kier molecular flexibility index (Phi) is 4.51. The lowest BCUT2D eigenvalue weighted by Gasteiger charge is -2.13. The minimum absolute atomic E-state index is 0.0199. The molecule has 0 saturated heterocycles. The average molecular weight is 221 g/mol. The first-order valence-electron chi connectivity index (χ1n) is 5.21. The van der Waals surface area contributed by atoms with Crippen LogP contribution in [0.1, 0.15) is 20.3 Å². The summed E-state index contributed by atoms with van der Waals surface area (Å²) < 4.78 is 5.63. The first-order chi connectivity index (χ1) is 7.67. The van der Waals surface area contributed by atoms with Gasteiger partial charge in [0.05, 0.1) is 4.92 Å². The van der Waals surface area contributed by atoms with Crippen LogP contribution in [0.4, 0.5) is 5.69 Å². The van der Waals surface area contributed by atoms with Gasteiger partial charge in [0.15, 0.2) is 0 Å². The van der Waals surface area contributed by atoms with E-state index >= 15 is 0 Å². The molecule has 0 spiro atoms. The predicted octanol–water partition coefficient (Wildman–Crippen LogP) is 3.33. The van der Waals surface area contributed by atoms with Crippen molar-refractivity contribution in [2.75, 3.05) is 0 Å². The summed E-state index contributed by atoms with van der Waals surface area (Å²) in [5.41, 5.74) is 0.0754. The molecule has 16 heavy (non-hydrogen) atoms. The molecule has 86 valence electrons. The van der Waals surface area contributed by atoms with E-state index < -0.39 is 4.92 Å². The third kappa shape index (κ3) is 3.38. The smallest absolute Gasteiger partial charge is 0.269 e. The second-order valence-electron chi connectivity index (χ2n) is 3.34. The Labute approximate surface area is 94.7 Å². The Hall–Kier alpha value is -1.84. The van der Waals surface area contributed by atoms with Crippen LogP contribution in [0.15, 0.2) is 36.4 Å². The monoisotopic (exact) mass is 221 g/mol. The maximum atomic E-state index is 10.4. The fraction of sp³-hybridized carbons (Fsp3) is 0.333. The van der Waals surface area contributed by atoms with E-state index in [1.54, 1.807) is 12.1 Å². The number of hydrogen-bond acceptors (Lipinski definition) is 3. The highest BCUT2D eigenvalue weighted by Crippen LogP contribution is 2.19. The number of nitro groups is 1. The van der Waals surface area contributed by atoms with Gasteiger partial charge in [-0.15, -0.1) is 0 Å². The van der Waals surface area contributed by atoms with E-state index in [9.17, 15) is 10.1 Å². The van der Waals surface area contributed by atoms with Crippen molar-refractivity contribution in [1.29, 1.82) is 0 Å². The Balaban J connectivity index is 2.71. The van der Waals surface area contributed by atoms with Crippen LogP contribution in [-0.2, 0) is 0 Å². The molecule has 4 heteroatoms. The minimum atomic E-state index is -0.424. The lowest BCUT2D eigenvalue weighted by Crippen LogP contribution is -2.11. The van der Waals surface area contributed by atoms with Crippen LogP contribution in [0, 0.1) is 10.1 Å². The Morgan fingerprint density at radius 2 is 2.06 bits per heavy atom. The quantitative estimate of drug-likeness (QED) is 0.435. The molecule has 0 aromatic heterocycles. The summed E-state index contributed by atoms with van der Waals surface area (Å²) in [5.74, 6) is 0.649. The van der Waals surface area contributed by atoms with Gasteiger partial charge in [-0.05, 0) is 31.6 Å². The van der Waals surface area contributed by atoms with Gasteiger partial charge >= 0.3 is 0 Å². The van der Waals surface area contributed by atoms with E-state index in [0.29, 0.717) is 5.75 Å². The van der Waals surface area contributed by atoms with Gasteiger partial charge in [0.2, 0.25) is 0 Å². The highest BCUT2D eigenvalue weighted by Gasteiger charge is 2.07. The highest BCUT2D eigenvalue weighted by molar-refractivity contribution is 5.36. The summed E-state index contributed by atoms with van der Waals surface area (Å²) in [7, 11) is 0. The molecular weight excluding hydrogens is 206 g/mol. The van der Waals surface area contributed by atoms with Crippen LogP contribution in [0.25, 0.3) is 0 Å². The van der Waals surface area contributed by atoms with Crippen LogP contribution in [0.5, 0.6) is 5.75 Å². The molecule has 0 radical (unpaired) electrons. The maximum absolute atomic E-state index is 10.4. The van der Waals surface area contributed by atoms with Crippen LogP contribution in [0.3, 0.4) is 0 Å². The Morgan fingerprint density at radius 3 is 2.50 bits per heavy atom. The second-order valence-corrected chi connectivity index (χ2v) is 3.34. The number of rotatable bonds is 5. The molecule has 0 aliphatic heterocycles. The molecule has 1 aromatic carbocycles. The molecule has 0 heterocycles. The normalized spacial score (nSPS) is 12.6. The maximum Gasteiger partial charge on any atom is 0.269 e. The summed E-state index contributed by atoms with van der Waals surface area (Å²) in [6, 6.07) is 6.12. The van der Waals surface area contributed by atoms with Gasteiger partial charge in [0.25, 0.3) is 5.69 Å². The van der Waals surface area contributed by atoms with Gasteiger partial charge in [-0.3, -0.25) is 10.1 Å². The number of ether oxygens (including phenoxy) is 1. The van der Waals surface area contributed by atoms with Gasteiger partial charge < -0.3 is 4.74 Å². The topological polar surface area (TPSA) is 52.4 Å². The number of hydrogen-bond donors (Lipinski definition) is 0. The molecule has 4 nitrogen and oxygen atoms in total. The largest absolute Gasteiger partial charge is 0.486 e. The molecular formula is C12H15NO3. The van der Waals surface area contributed by atoms with Crippen molar-refractivity contribution in [2.45, 2.75) is 26.4 Å². The zero-order valence-corrected chi connectivity index (χ0v) is 9.42. The minimum Gasteiger partial charge on any atom is -0.486 e. The molecule has 0 saturated carbocycles. The zero-order valence-electron chi connectivity index (χ0n) is 9.42. The first kappa shape index (κ1) is 12.2. The Bertz CT molecular complexity index is 370. The molecule has 0 N–H and O–H groups in total. The van der Waals surface area contributed by atoms with Crippen LogP contribution in [-0.4, -0.2) is 11.0 Å². The summed E-state index contributed by atoms with van der Waals surface area (Å²) >= 11 is 0. The number of benzene rings is 1. The molecule has 0 bridgehead atoms. The molecule has 0 aliphatic carbocycles. The predicted molar refractivity (Wildman–Crippen MR) is 62.6 cm³/mol. The van der Waals surface area contributed by atoms with Gasteiger partial charge in [-0.25, -0.2) is 0 Å². The zero-order chi connectivity index (χ0) is 12.0. The van der Waals surface area contributed by atoms with Gasteiger partial charge in [0.1, 0.15) is 11.9 Å². The van der Waals surface area contributed by atoms with E-state index in [0.717, 1.165) is 6.42 Å². The van der Waals surface area contributed by atoms with Gasteiger partial charge in [-0.2, -0.15) is 0 Å². The summed E-state index contributed by atoms with van der Waals surface area (Å²) in [5, 5.41) is 10.4. The van der Waals surface area contributed by atoms with Crippen molar-refractivity contribution in [3.8, 4) is 5.75 Å². The molecule has 1 rings (SSSR count). The number of nitrogens with zero attached hydrogens (tertiary/aromatic N) is 1. The molecule has 0 amide bonds. The van der Waals surface area contributed by atoms with Crippen molar-refractivity contribution >= 4 is 5.69 Å². The van der Waals surface area contributed by atoms with E-state index in [1.165, 1.54) is 12.1 Å². The standard InChI is InChI=1S/C12H15NO3/c1-3-5-11(4-2)16-12-8-6-10(7-9-12)13(14)15/h3,5-9,11H,4H2,1-2H3/b5-3-. The van der Waals surface area contributed by atoms with E-state index in [-0.39, 0.29) is 11.8 Å². The third-order valence-electron chi connectivity index (χ3n) is 2.14. The van der Waals surface area contributed by atoms with Crippen LogP contribution < -0.4 is 4.74 Å². The number of nitro benzene ring substituents is 1. The number of non-ortho nitro benzene ring substituents is 1. The molecule has 1 atom stereocenters. The van der Waals surface area contributed by atoms with Crippen molar-refractivity contribution in [3.05, 3.63) is 46.5 Å². The summed E-state index contributed by atoms with van der Waals surface area (Å²) in [6.07, 6.45) is 4.77. The highest BCUT2D eigenvalue weighted by atomic mass is 16.6. The third-order valence-corrected chi connectivity index (χ3v) is 2.14. The van der Waals surface area contributed by atoms with Crippen LogP contribution in [0.2, 0.25) is 0 Å². The fourth-order valence-corrected chi connectivity index (χ4v) is 1.29. The molecule has 0 aliphatic rings.